The summed E-state index contributed by atoms with van der Waals surface area (Å²) in [6, 6.07) is 15.2. The van der Waals surface area contributed by atoms with E-state index in [1.54, 1.807) is 11.1 Å². The molecule has 0 spiro atoms. The minimum atomic E-state index is -0.345. The Balaban J connectivity index is 1.47. The van der Waals surface area contributed by atoms with Crippen LogP contribution in [0.3, 0.4) is 0 Å². The fraction of sp³-hybridized carbons (Fsp3) is 0.250. The van der Waals surface area contributed by atoms with Crippen LogP contribution in [0.1, 0.15) is 23.9 Å². The summed E-state index contributed by atoms with van der Waals surface area (Å²) in [7, 11) is 0. The quantitative estimate of drug-likeness (QED) is 0.719. The molecule has 1 aliphatic heterocycles. The predicted molar refractivity (Wildman–Crippen MR) is 95.1 cm³/mol. The number of nitrogens with zero attached hydrogens (tertiary/aromatic N) is 3. The fourth-order valence-corrected chi connectivity index (χ4v) is 3.01. The van der Waals surface area contributed by atoms with Gasteiger partial charge in [0.05, 0.1) is 12.2 Å². The summed E-state index contributed by atoms with van der Waals surface area (Å²) in [5.41, 5.74) is 2.53. The predicted octanol–water partition coefficient (Wildman–Crippen LogP) is 3.82. The molecule has 132 valence electrons. The summed E-state index contributed by atoms with van der Waals surface area (Å²) in [5, 5.41) is 0. The first-order chi connectivity index (χ1) is 12.7. The molecular weight excluding hydrogens is 330 g/mol. The van der Waals surface area contributed by atoms with Gasteiger partial charge in [0, 0.05) is 18.7 Å². The summed E-state index contributed by atoms with van der Waals surface area (Å²) in [6.45, 7) is 2.59. The van der Waals surface area contributed by atoms with Crippen LogP contribution in [0, 0.1) is 0 Å². The van der Waals surface area contributed by atoms with E-state index in [0.29, 0.717) is 30.3 Å². The summed E-state index contributed by atoms with van der Waals surface area (Å²) in [5.74, 6) is 1.18. The molecule has 0 saturated heterocycles. The van der Waals surface area contributed by atoms with Gasteiger partial charge in [0.2, 0.25) is 5.89 Å². The number of ether oxygens (including phenoxy) is 1. The van der Waals surface area contributed by atoms with Gasteiger partial charge in [-0.15, -0.1) is 0 Å². The van der Waals surface area contributed by atoms with Gasteiger partial charge in [0.1, 0.15) is 18.1 Å². The van der Waals surface area contributed by atoms with Crippen molar-refractivity contribution in [2.75, 3.05) is 0 Å². The van der Waals surface area contributed by atoms with Crippen LogP contribution in [-0.4, -0.2) is 27.0 Å². The molecule has 1 unspecified atom stereocenters. The molecule has 6 heteroatoms. The Morgan fingerprint density at radius 3 is 2.81 bits per heavy atom. The molecule has 0 N–H and O–H groups in total. The van der Waals surface area contributed by atoms with Crippen molar-refractivity contribution >= 4 is 6.09 Å². The van der Waals surface area contributed by atoms with Gasteiger partial charge in [-0.1, -0.05) is 36.4 Å². The second-order valence-electron chi connectivity index (χ2n) is 6.33. The van der Waals surface area contributed by atoms with Gasteiger partial charge in [-0.05, 0) is 24.6 Å². The molecule has 0 fully saturated rings. The highest BCUT2D eigenvalue weighted by molar-refractivity contribution is 5.68. The normalized spacial score (nSPS) is 16.2. The summed E-state index contributed by atoms with van der Waals surface area (Å²) in [6.07, 6.45) is 1.99. The smallest absolute Gasteiger partial charge is 0.410 e. The van der Waals surface area contributed by atoms with Crippen LogP contribution in [0.25, 0.3) is 11.6 Å². The highest BCUT2D eigenvalue weighted by Gasteiger charge is 2.32. The van der Waals surface area contributed by atoms with Crippen molar-refractivity contribution in [1.29, 1.82) is 0 Å². The number of amides is 1. The third-order valence-electron chi connectivity index (χ3n) is 4.44. The Hall–Kier alpha value is -3.15. The molecule has 0 saturated carbocycles. The molecule has 6 nitrogen and oxygen atoms in total. The number of rotatable bonds is 3. The van der Waals surface area contributed by atoms with Crippen LogP contribution < -0.4 is 0 Å². The summed E-state index contributed by atoms with van der Waals surface area (Å²) < 4.78 is 11.3. The maximum Gasteiger partial charge on any atom is 0.410 e. The number of carbonyl (C=O) groups is 1. The van der Waals surface area contributed by atoms with Gasteiger partial charge < -0.3 is 9.15 Å². The van der Waals surface area contributed by atoms with Crippen molar-refractivity contribution in [3.8, 4) is 11.6 Å². The van der Waals surface area contributed by atoms with E-state index in [2.05, 4.69) is 9.97 Å². The number of oxazole rings is 1. The lowest BCUT2D eigenvalue weighted by Crippen LogP contribution is -2.42. The number of carbonyl (C=O) groups excluding carboxylic acids is 1. The Morgan fingerprint density at radius 2 is 2.04 bits per heavy atom. The van der Waals surface area contributed by atoms with Crippen LogP contribution in [0.5, 0.6) is 0 Å². The zero-order chi connectivity index (χ0) is 17.9. The standard InChI is InChI=1S/C20H19N3O3/c1-14-11-17-18(26-19(22-17)16-9-5-6-10-21-16)12-23(14)20(24)25-13-15-7-3-2-4-8-15/h2-10,14H,11-13H2,1H3. The molecule has 0 radical (unpaired) electrons. The number of benzene rings is 1. The van der Waals surface area contributed by atoms with Gasteiger partial charge in [0.25, 0.3) is 0 Å². The first-order valence-corrected chi connectivity index (χ1v) is 8.58. The van der Waals surface area contributed by atoms with E-state index < -0.39 is 0 Å². The fourth-order valence-electron chi connectivity index (χ4n) is 3.01. The Bertz CT molecular complexity index is 893. The molecular formula is C20H19N3O3. The number of hydrogen-bond acceptors (Lipinski definition) is 5. The van der Waals surface area contributed by atoms with Gasteiger partial charge in [-0.2, -0.15) is 0 Å². The minimum absolute atomic E-state index is 0.00699. The van der Waals surface area contributed by atoms with Crippen LogP contribution in [0.2, 0.25) is 0 Å². The van der Waals surface area contributed by atoms with Crippen molar-refractivity contribution in [3.05, 3.63) is 71.7 Å². The molecule has 3 aromatic rings. The molecule has 1 amide bonds. The maximum atomic E-state index is 12.5. The van der Waals surface area contributed by atoms with Crippen molar-refractivity contribution in [1.82, 2.24) is 14.9 Å². The van der Waals surface area contributed by atoms with Crippen molar-refractivity contribution < 1.29 is 13.9 Å². The Morgan fingerprint density at radius 1 is 1.23 bits per heavy atom. The Labute approximate surface area is 151 Å². The third kappa shape index (κ3) is 3.31. The molecule has 1 aromatic carbocycles. The average Bonchev–Trinajstić information content (AvgIpc) is 3.10. The first-order valence-electron chi connectivity index (χ1n) is 8.58. The number of pyridine rings is 1. The van der Waals surface area contributed by atoms with Gasteiger partial charge in [-0.25, -0.2) is 9.78 Å². The largest absolute Gasteiger partial charge is 0.445 e. The molecule has 2 aromatic heterocycles. The lowest BCUT2D eigenvalue weighted by Gasteiger charge is -2.30. The monoisotopic (exact) mass is 349 g/mol. The van der Waals surface area contributed by atoms with Gasteiger partial charge >= 0.3 is 6.09 Å². The van der Waals surface area contributed by atoms with E-state index >= 15 is 0 Å². The molecule has 1 aliphatic rings. The molecule has 4 rings (SSSR count). The van der Waals surface area contributed by atoms with E-state index in [0.717, 1.165) is 11.3 Å². The number of hydrogen-bond donors (Lipinski definition) is 0. The van der Waals surface area contributed by atoms with E-state index in [9.17, 15) is 4.79 Å². The highest BCUT2D eigenvalue weighted by atomic mass is 16.6. The van der Waals surface area contributed by atoms with Crippen LogP contribution in [0.15, 0.2) is 59.1 Å². The van der Waals surface area contributed by atoms with E-state index in [4.69, 9.17) is 9.15 Å². The third-order valence-corrected chi connectivity index (χ3v) is 4.44. The zero-order valence-electron chi connectivity index (χ0n) is 14.5. The van der Waals surface area contributed by atoms with Crippen molar-refractivity contribution in [2.45, 2.75) is 32.5 Å². The van der Waals surface area contributed by atoms with Gasteiger partial charge in [-0.3, -0.25) is 9.88 Å². The van der Waals surface area contributed by atoms with Crippen molar-refractivity contribution in [2.24, 2.45) is 0 Å². The minimum Gasteiger partial charge on any atom is -0.445 e. The molecule has 0 bridgehead atoms. The summed E-state index contributed by atoms with van der Waals surface area (Å²) in [4.78, 5) is 23.0. The summed E-state index contributed by atoms with van der Waals surface area (Å²) >= 11 is 0. The topological polar surface area (TPSA) is 68.5 Å². The van der Waals surface area contributed by atoms with Gasteiger partial charge in [0.15, 0.2) is 0 Å². The zero-order valence-corrected chi connectivity index (χ0v) is 14.5. The molecule has 3 heterocycles. The van der Waals surface area contributed by atoms with E-state index in [-0.39, 0.29) is 18.7 Å². The van der Waals surface area contributed by atoms with Crippen LogP contribution in [-0.2, 0) is 24.3 Å². The molecule has 26 heavy (non-hydrogen) atoms. The SMILES string of the molecule is CC1Cc2nc(-c3ccccn3)oc2CN1C(=O)OCc1ccccc1. The van der Waals surface area contributed by atoms with Crippen LogP contribution >= 0.6 is 0 Å². The number of aromatic nitrogens is 2. The lowest BCUT2D eigenvalue weighted by atomic mass is 10.1. The van der Waals surface area contributed by atoms with E-state index in [1.807, 2.05) is 55.5 Å². The van der Waals surface area contributed by atoms with Crippen LogP contribution in [0.4, 0.5) is 4.79 Å². The maximum absolute atomic E-state index is 12.5. The lowest BCUT2D eigenvalue weighted by molar-refractivity contribution is 0.0727. The Kier molecular flexibility index (Phi) is 4.39. The molecule has 1 atom stereocenters. The second-order valence-corrected chi connectivity index (χ2v) is 6.33. The molecule has 0 aliphatic carbocycles. The average molecular weight is 349 g/mol. The highest BCUT2D eigenvalue weighted by Crippen LogP contribution is 2.28. The first kappa shape index (κ1) is 16.3. The second kappa shape index (κ2) is 7.00. The van der Waals surface area contributed by atoms with Crippen molar-refractivity contribution in [3.63, 3.8) is 0 Å². The number of fused-ring (bicyclic) bond motifs is 1. The van der Waals surface area contributed by atoms with E-state index in [1.165, 1.54) is 0 Å².